The van der Waals surface area contributed by atoms with E-state index in [1.807, 2.05) is 18.2 Å². The monoisotopic (exact) mass is 519 g/mol. The van der Waals surface area contributed by atoms with E-state index in [-0.39, 0.29) is 23.8 Å². The number of carbonyl (C=O) groups excluding carboxylic acids is 3. The highest BCUT2D eigenvalue weighted by molar-refractivity contribution is 5.99. The molecule has 0 aliphatic carbocycles. The van der Waals surface area contributed by atoms with E-state index >= 15 is 0 Å². The zero-order chi connectivity index (χ0) is 27.5. The van der Waals surface area contributed by atoms with Gasteiger partial charge in [-0.15, -0.1) is 0 Å². The lowest BCUT2D eigenvalue weighted by atomic mass is 10.0. The Bertz CT molecular complexity index is 1260. The fraction of sp³-hybridized carbons (Fsp3) is 0.250. The summed E-state index contributed by atoms with van der Waals surface area (Å²) >= 11 is 0. The van der Waals surface area contributed by atoms with Crippen LogP contribution in [0, 0.1) is 0 Å². The standard InChI is InChI=1S/C28H33N5O5/c29-21-5-3-4-19(15-21)20-8-11-25(23(16-20)27(36)33-17-26(31)35)38-13-2-1-12-32-28(37)24(30)14-18-6-9-22(34)10-7-18/h3-11,15-16,24,34H,1-2,12-14,17,29-30H2,(H2,31,35)(H,32,37)(H,33,36). The first-order valence-corrected chi connectivity index (χ1v) is 12.2. The summed E-state index contributed by atoms with van der Waals surface area (Å²) in [4.78, 5) is 36.1. The summed E-state index contributed by atoms with van der Waals surface area (Å²) in [5.74, 6) is -0.883. The van der Waals surface area contributed by atoms with Crippen molar-refractivity contribution < 1.29 is 24.2 Å². The number of amides is 3. The van der Waals surface area contributed by atoms with Crippen LogP contribution in [0.5, 0.6) is 11.5 Å². The molecule has 3 aromatic rings. The number of carbonyl (C=O) groups is 3. The normalized spacial score (nSPS) is 11.4. The number of unbranched alkanes of at least 4 members (excludes halogenated alkanes) is 1. The minimum absolute atomic E-state index is 0.157. The fourth-order valence-corrected chi connectivity index (χ4v) is 3.72. The Balaban J connectivity index is 1.52. The molecule has 3 rings (SSSR count). The molecule has 9 N–H and O–H groups in total. The number of nitrogen functional groups attached to an aromatic ring is 1. The largest absolute Gasteiger partial charge is 0.508 e. The Kier molecular flexibility index (Phi) is 10.1. The molecule has 0 heterocycles. The van der Waals surface area contributed by atoms with Crippen molar-refractivity contribution in [2.24, 2.45) is 11.5 Å². The van der Waals surface area contributed by atoms with Crippen LogP contribution < -0.4 is 32.6 Å². The Morgan fingerprint density at radius 2 is 1.66 bits per heavy atom. The molecule has 0 saturated carbocycles. The molecule has 0 aromatic heterocycles. The van der Waals surface area contributed by atoms with Crippen LogP contribution in [-0.4, -0.2) is 48.6 Å². The van der Waals surface area contributed by atoms with Gasteiger partial charge >= 0.3 is 0 Å². The van der Waals surface area contributed by atoms with Crippen molar-refractivity contribution in [1.82, 2.24) is 10.6 Å². The van der Waals surface area contributed by atoms with Gasteiger partial charge < -0.3 is 37.7 Å². The Morgan fingerprint density at radius 3 is 2.37 bits per heavy atom. The minimum atomic E-state index is -0.698. The number of ether oxygens (including phenoxy) is 1. The van der Waals surface area contributed by atoms with Crippen LogP contribution in [0.2, 0.25) is 0 Å². The van der Waals surface area contributed by atoms with Crippen LogP contribution in [0.25, 0.3) is 11.1 Å². The molecule has 1 unspecified atom stereocenters. The van der Waals surface area contributed by atoms with Gasteiger partial charge in [-0.2, -0.15) is 0 Å². The quantitative estimate of drug-likeness (QED) is 0.147. The van der Waals surface area contributed by atoms with Gasteiger partial charge in [0.25, 0.3) is 5.91 Å². The van der Waals surface area contributed by atoms with Crippen molar-refractivity contribution in [1.29, 1.82) is 0 Å². The SMILES string of the molecule is NC(=O)CNC(=O)c1cc(-c2cccc(N)c2)ccc1OCCCCNC(=O)C(N)Cc1ccc(O)cc1. The molecule has 200 valence electrons. The molecular weight excluding hydrogens is 486 g/mol. The number of hydrogen-bond donors (Lipinski definition) is 6. The van der Waals surface area contributed by atoms with E-state index in [1.54, 1.807) is 48.5 Å². The zero-order valence-electron chi connectivity index (χ0n) is 21.0. The van der Waals surface area contributed by atoms with E-state index < -0.39 is 17.9 Å². The molecule has 10 nitrogen and oxygen atoms in total. The van der Waals surface area contributed by atoms with Crippen LogP contribution in [0.1, 0.15) is 28.8 Å². The summed E-state index contributed by atoms with van der Waals surface area (Å²) in [7, 11) is 0. The molecule has 0 spiro atoms. The third-order valence-electron chi connectivity index (χ3n) is 5.72. The summed E-state index contributed by atoms with van der Waals surface area (Å²) < 4.78 is 5.86. The number of rotatable bonds is 13. The van der Waals surface area contributed by atoms with E-state index in [4.69, 9.17) is 21.9 Å². The molecule has 3 aromatic carbocycles. The van der Waals surface area contributed by atoms with Gasteiger partial charge in [0.05, 0.1) is 24.8 Å². The van der Waals surface area contributed by atoms with E-state index in [1.165, 1.54) is 0 Å². The topological polar surface area (TPSA) is 183 Å². The van der Waals surface area contributed by atoms with Crippen LogP contribution in [-0.2, 0) is 16.0 Å². The molecule has 0 aliphatic heterocycles. The number of benzene rings is 3. The predicted molar refractivity (Wildman–Crippen MR) is 145 cm³/mol. The third kappa shape index (κ3) is 8.52. The molecule has 0 aliphatic rings. The van der Waals surface area contributed by atoms with Gasteiger partial charge in [-0.25, -0.2) is 0 Å². The van der Waals surface area contributed by atoms with Crippen molar-refractivity contribution in [3.63, 3.8) is 0 Å². The number of anilines is 1. The van der Waals surface area contributed by atoms with E-state index in [0.29, 0.717) is 43.9 Å². The Labute approximate surface area is 221 Å². The van der Waals surface area contributed by atoms with Crippen LogP contribution in [0.15, 0.2) is 66.7 Å². The lowest BCUT2D eigenvalue weighted by Gasteiger charge is -2.14. The fourth-order valence-electron chi connectivity index (χ4n) is 3.72. The number of aromatic hydroxyl groups is 1. The molecule has 38 heavy (non-hydrogen) atoms. The first-order valence-electron chi connectivity index (χ1n) is 12.2. The summed E-state index contributed by atoms with van der Waals surface area (Å²) in [5, 5.41) is 14.7. The summed E-state index contributed by atoms with van der Waals surface area (Å²) in [6.45, 7) is 0.435. The molecular formula is C28H33N5O5. The van der Waals surface area contributed by atoms with Crippen molar-refractivity contribution in [3.8, 4) is 22.6 Å². The smallest absolute Gasteiger partial charge is 0.255 e. The van der Waals surface area contributed by atoms with E-state index in [2.05, 4.69) is 10.6 Å². The number of nitrogens with one attached hydrogen (secondary N) is 2. The van der Waals surface area contributed by atoms with Crippen molar-refractivity contribution >= 4 is 23.4 Å². The van der Waals surface area contributed by atoms with Gasteiger partial charge in [-0.3, -0.25) is 14.4 Å². The van der Waals surface area contributed by atoms with Gasteiger partial charge in [-0.1, -0.05) is 30.3 Å². The van der Waals surface area contributed by atoms with Gasteiger partial charge in [0.2, 0.25) is 11.8 Å². The summed E-state index contributed by atoms with van der Waals surface area (Å²) in [6, 6.07) is 18.3. The second-order valence-corrected chi connectivity index (χ2v) is 8.81. The minimum Gasteiger partial charge on any atom is -0.508 e. The molecule has 0 saturated heterocycles. The Morgan fingerprint density at radius 1 is 0.921 bits per heavy atom. The predicted octanol–water partition coefficient (Wildman–Crippen LogP) is 1.70. The molecule has 3 amide bonds. The molecule has 0 bridgehead atoms. The number of phenolic OH excluding ortho intramolecular Hbond substituents is 1. The summed E-state index contributed by atoms with van der Waals surface area (Å²) in [6.07, 6.45) is 1.62. The third-order valence-corrected chi connectivity index (χ3v) is 5.72. The van der Waals surface area contributed by atoms with E-state index in [9.17, 15) is 19.5 Å². The number of nitrogens with two attached hydrogens (primary N) is 3. The molecule has 10 heteroatoms. The highest BCUT2D eigenvalue weighted by atomic mass is 16.5. The second kappa shape index (κ2) is 13.7. The lowest BCUT2D eigenvalue weighted by Crippen LogP contribution is -2.42. The van der Waals surface area contributed by atoms with Crippen LogP contribution >= 0.6 is 0 Å². The van der Waals surface area contributed by atoms with Crippen molar-refractivity contribution in [2.45, 2.75) is 25.3 Å². The average Bonchev–Trinajstić information content (AvgIpc) is 2.90. The second-order valence-electron chi connectivity index (χ2n) is 8.81. The summed E-state index contributed by atoms with van der Waals surface area (Å²) in [5.41, 5.74) is 20.3. The highest BCUT2D eigenvalue weighted by Gasteiger charge is 2.16. The van der Waals surface area contributed by atoms with Gasteiger partial charge in [0.1, 0.15) is 11.5 Å². The van der Waals surface area contributed by atoms with Crippen molar-refractivity contribution in [2.75, 3.05) is 25.4 Å². The highest BCUT2D eigenvalue weighted by Crippen LogP contribution is 2.28. The van der Waals surface area contributed by atoms with Gasteiger partial charge in [0, 0.05) is 12.2 Å². The Hall–Kier alpha value is -4.57. The van der Waals surface area contributed by atoms with Crippen molar-refractivity contribution in [3.05, 3.63) is 77.9 Å². The molecule has 1 atom stereocenters. The zero-order valence-corrected chi connectivity index (χ0v) is 21.0. The number of hydrogen-bond acceptors (Lipinski definition) is 7. The number of phenols is 1. The molecule has 0 fully saturated rings. The lowest BCUT2D eigenvalue weighted by molar-refractivity contribution is -0.122. The maximum Gasteiger partial charge on any atom is 0.255 e. The van der Waals surface area contributed by atoms with Crippen LogP contribution in [0.3, 0.4) is 0 Å². The van der Waals surface area contributed by atoms with Crippen LogP contribution in [0.4, 0.5) is 5.69 Å². The first kappa shape index (κ1) is 28.0. The average molecular weight is 520 g/mol. The van der Waals surface area contributed by atoms with E-state index in [0.717, 1.165) is 16.7 Å². The number of primary amides is 1. The first-order chi connectivity index (χ1) is 18.2. The molecule has 0 radical (unpaired) electrons. The maximum absolute atomic E-state index is 12.7. The van der Waals surface area contributed by atoms with Gasteiger partial charge in [-0.05, 0) is 72.4 Å². The van der Waals surface area contributed by atoms with Gasteiger partial charge in [0.15, 0.2) is 0 Å². The maximum atomic E-state index is 12.7.